The molecule has 5 heteroatoms. The number of Topliss-reactive ketones (excluding diaryl/α,β-unsaturated/α-hetero) is 1. The number of carbonyl (C=O) groups is 2. The fourth-order valence-corrected chi connectivity index (χ4v) is 1.91. The number of ether oxygens (including phenoxy) is 1. The average molecular weight is 328 g/mol. The van der Waals surface area contributed by atoms with Gasteiger partial charge in [-0.05, 0) is 39.0 Å². The Labute approximate surface area is 121 Å². The molecule has 4 nitrogen and oxygen atoms in total. The summed E-state index contributed by atoms with van der Waals surface area (Å²) in [5, 5.41) is 2.78. The molecule has 1 aromatic carbocycles. The van der Waals surface area contributed by atoms with E-state index in [0.29, 0.717) is 11.3 Å². The Kier molecular flexibility index (Phi) is 6.02. The van der Waals surface area contributed by atoms with E-state index in [2.05, 4.69) is 21.2 Å². The first kappa shape index (κ1) is 15.7. The number of halogens is 1. The van der Waals surface area contributed by atoms with Crippen LogP contribution in [0.1, 0.15) is 37.6 Å². The number of rotatable bonds is 6. The van der Waals surface area contributed by atoms with Crippen molar-refractivity contribution in [2.75, 3.05) is 6.61 Å². The van der Waals surface area contributed by atoms with E-state index < -0.39 is 0 Å². The predicted octanol–water partition coefficient (Wildman–Crippen LogP) is 2.95. The van der Waals surface area contributed by atoms with E-state index in [0.717, 1.165) is 4.47 Å². The molecule has 19 heavy (non-hydrogen) atoms. The van der Waals surface area contributed by atoms with E-state index in [4.69, 9.17) is 4.74 Å². The van der Waals surface area contributed by atoms with Crippen LogP contribution in [0, 0.1) is 0 Å². The molecule has 0 atom stereocenters. The van der Waals surface area contributed by atoms with Gasteiger partial charge in [0.25, 0.3) is 0 Å². The Morgan fingerprint density at radius 2 is 2.05 bits per heavy atom. The van der Waals surface area contributed by atoms with Gasteiger partial charge in [-0.2, -0.15) is 0 Å². The Morgan fingerprint density at radius 3 is 2.63 bits per heavy atom. The third-order valence-corrected chi connectivity index (χ3v) is 2.85. The number of ketones is 1. The minimum absolute atomic E-state index is 0.0588. The average Bonchev–Trinajstić information content (AvgIpc) is 2.29. The number of benzene rings is 1. The largest absolute Gasteiger partial charge is 0.492 e. The summed E-state index contributed by atoms with van der Waals surface area (Å²) in [5.74, 6) is 0.382. The van der Waals surface area contributed by atoms with E-state index in [1.54, 1.807) is 18.2 Å². The summed E-state index contributed by atoms with van der Waals surface area (Å²) in [4.78, 5) is 22.9. The topological polar surface area (TPSA) is 55.4 Å². The van der Waals surface area contributed by atoms with Crippen LogP contribution in [0.15, 0.2) is 22.7 Å². The van der Waals surface area contributed by atoms with Crippen molar-refractivity contribution in [3.8, 4) is 5.75 Å². The Balaban J connectivity index is 2.58. The molecule has 0 unspecified atom stereocenters. The predicted molar refractivity (Wildman–Crippen MR) is 77.5 cm³/mol. The molecular formula is C14H18BrNO3. The Morgan fingerprint density at radius 1 is 1.37 bits per heavy atom. The number of amides is 1. The zero-order valence-corrected chi connectivity index (χ0v) is 12.9. The van der Waals surface area contributed by atoms with Crippen LogP contribution in [0.4, 0.5) is 0 Å². The van der Waals surface area contributed by atoms with Gasteiger partial charge in [-0.1, -0.05) is 15.9 Å². The highest BCUT2D eigenvalue weighted by molar-refractivity contribution is 9.10. The molecule has 0 aromatic heterocycles. The molecule has 104 valence electrons. The van der Waals surface area contributed by atoms with Crippen LogP contribution in [-0.4, -0.2) is 24.3 Å². The second kappa shape index (κ2) is 7.28. The van der Waals surface area contributed by atoms with E-state index in [-0.39, 0.29) is 30.8 Å². The van der Waals surface area contributed by atoms with Gasteiger partial charge in [0.05, 0.1) is 18.6 Å². The van der Waals surface area contributed by atoms with Crippen LogP contribution in [0.5, 0.6) is 5.75 Å². The molecule has 0 radical (unpaired) electrons. The normalized spacial score (nSPS) is 10.4. The van der Waals surface area contributed by atoms with Gasteiger partial charge in [0.1, 0.15) is 5.75 Å². The lowest BCUT2D eigenvalue weighted by Gasteiger charge is -2.11. The molecule has 0 fully saturated rings. The lowest BCUT2D eigenvalue weighted by Crippen LogP contribution is -2.31. The van der Waals surface area contributed by atoms with Crippen molar-refractivity contribution in [1.82, 2.24) is 5.32 Å². The van der Waals surface area contributed by atoms with E-state index in [1.807, 2.05) is 13.8 Å². The molecule has 0 heterocycles. The highest BCUT2D eigenvalue weighted by Gasteiger charge is 2.10. The van der Waals surface area contributed by atoms with E-state index >= 15 is 0 Å². The first-order valence-corrected chi connectivity index (χ1v) is 6.92. The lowest BCUT2D eigenvalue weighted by molar-refractivity contribution is -0.122. The van der Waals surface area contributed by atoms with Crippen LogP contribution >= 0.6 is 15.9 Å². The van der Waals surface area contributed by atoms with Gasteiger partial charge in [-0.25, -0.2) is 0 Å². The molecule has 0 bridgehead atoms. The number of hydrogen-bond donors (Lipinski definition) is 1. The SMILES string of the molecule is CC(=O)c1cc(Br)ccc1OCCC(=O)NC(C)C. The van der Waals surface area contributed by atoms with Gasteiger partial charge in [0.15, 0.2) is 5.78 Å². The smallest absolute Gasteiger partial charge is 0.223 e. The number of carbonyl (C=O) groups excluding carboxylic acids is 2. The Bertz CT molecular complexity index is 472. The van der Waals surface area contributed by atoms with Crippen molar-refractivity contribution < 1.29 is 14.3 Å². The van der Waals surface area contributed by atoms with Gasteiger partial charge >= 0.3 is 0 Å². The Hall–Kier alpha value is -1.36. The summed E-state index contributed by atoms with van der Waals surface area (Å²) >= 11 is 3.31. The molecule has 1 rings (SSSR count). The standard InChI is InChI=1S/C14H18BrNO3/c1-9(2)16-14(18)6-7-19-13-5-4-11(15)8-12(13)10(3)17/h4-5,8-9H,6-7H2,1-3H3,(H,16,18). The summed E-state index contributed by atoms with van der Waals surface area (Å²) in [6.45, 7) is 5.54. The third-order valence-electron chi connectivity index (χ3n) is 2.36. The van der Waals surface area contributed by atoms with Crippen molar-refractivity contribution in [2.45, 2.75) is 33.2 Å². The first-order valence-electron chi connectivity index (χ1n) is 6.12. The van der Waals surface area contributed by atoms with Crippen LogP contribution in [0.2, 0.25) is 0 Å². The molecule has 0 saturated carbocycles. The molecule has 0 saturated heterocycles. The number of hydrogen-bond acceptors (Lipinski definition) is 3. The zero-order chi connectivity index (χ0) is 14.4. The van der Waals surface area contributed by atoms with Gasteiger partial charge in [-0.15, -0.1) is 0 Å². The van der Waals surface area contributed by atoms with Gasteiger partial charge in [0.2, 0.25) is 5.91 Å². The maximum Gasteiger partial charge on any atom is 0.223 e. The first-order chi connectivity index (χ1) is 8.90. The van der Waals surface area contributed by atoms with E-state index in [1.165, 1.54) is 6.92 Å². The minimum atomic E-state index is -0.0667. The summed E-state index contributed by atoms with van der Waals surface area (Å²) in [7, 11) is 0. The molecule has 0 spiro atoms. The summed E-state index contributed by atoms with van der Waals surface area (Å²) in [6.07, 6.45) is 0.269. The van der Waals surface area contributed by atoms with Crippen LogP contribution in [0.25, 0.3) is 0 Å². The molecular weight excluding hydrogens is 310 g/mol. The highest BCUT2D eigenvalue weighted by Crippen LogP contribution is 2.23. The maximum atomic E-state index is 11.5. The van der Waals surface area contributed by atoms with Gasteiger partial charge < -0.3 is 10.1 Å². The van der Waals surface area contributed by atoms with Crippen LogP contribution in [-0.2, 0) is 4.79 Å². The lowest BCUT2D eigenvalue weighted by atomic mass is 10.1. The van der Waals surface area contributed by atoms with Gasteiger partial charge in [-0.3, -0.25) is 9.59 Å². The van der Waals surface area contributed by atoms with Crippen LogP contribution in [0.3, 0.4) is 0 Å². The van der Waals surface area contributed by atoms with Crippen molar-refractivity contribution in [3.63, 3.8) is 0 Å². The van der Waals surface area contributed by atoms with Crippen LogP contribution < -0.4 is 10.1 Å². The second-order valence-electron chi connectivity index (χ2n) is 4.52. The number of nitrogens with one attached hydrogen (secondary N) is 1. The minimum Gasteiger partial charge on any atom is -0.492 e. The quantitative estimate of drug-likeness (QED) is 0.817. The molecule has 0 aliphatic heterocycles. The summed E-state index contributed by atoms with van der Waals surface area (Å²) < 4.78 is 6.33. The summed E-state index contributed by atoms with van der Waals surface area (Å²) in [5.41, 5.74) is 0.513. The molecule has 0 aliphatic rings. The fourth-order valence-electron chi connectivity index (χ4n) is 1.55. The fraction of sp³-hybridized carbons (Fsp3) is 0.429. The molecule has 0 aliphatic carbocycles. The maximum absolute atomic E-state index is 11.5. The molecule has 1 N–H and O–H groups in total. The van der Waals surface area contributed by atoms with Crippen molar-refractivity contribution in [3.05, 3.63) is 28.2 Å². The molecule has 1 amide bonds. The second-order valence-corrected chi connectivity index (χ2v) is 5.43. The van der Waals surface area contributed by atoms with E-state index in [9.17, 15) is 9.59 Å². The van der Waals surface area contributed by atoms with Gasteiger partial charge in [0, 0.05) is 10.5 Å². The monoisotopic (exact) mass is 327 g/mol. The van der Waals surface area contributed by atoms with Crippen molar-refractivity contribution in [1.29, 1.82) is 0 Å². The highest BCUT2D eigenvalue weighted by atomic mass is 79.9. The van der Waals surface area contributed by atoms with Crippen molar-refractivity contribution in [2.24, 2.45) is 0 Å². The molecule has 1 aromatic rings. The van der Waals surface area contributed by atoms with Crippen molar-refractivity contribution >= 4 is 27.6 Å². The zero-order valence-electron chi connectivity index (χ0n) is 11.3. The summed E-state index contributed by atoms with van der Waals surface area (Å²) in [6, 6.07) is 5.36. The third kappa shape index (κ3) is 5.42.